The lowest BCUT2D eigenvalue weighted by atomic mass is 10.0. The predicted molar refractivity (Wildman–Crippen MR) is 76.3 cm³/mol. The third kappa shape index (κ3) is 5.36. The SMILES string of the molecule is CCCCCC(C)NC(C)c1ccc(C)cc1. The molecule has 0 aliphatic heterocycles. The van der Waals surface area contributed by atoms with Crippen molar-refractivity contribution in [2.45, 2.75) is 65.5 Å². The van der Waals surface area contributed by atoms with Gasteiger partial charge >= 0.3 is 0 Å². The molecule has 0 amide bonds. The Kier molecular flexibility index (Phi) is 6.28. The van der Waals surface area contributed by atoms with E-state index in [1.54, 1.807) is 0 Å². The number of benzene rings is 1. The highest BCUT2D eigenvalue weighted by Gasteiger charge is 2.08. The van der Waals surface area contributed by atoms with E-state index < -0.39 is 0 Å². The molecule has 0 saturated carbocycles. The van der Waals surface area contributed by atoms with E-state index in [0.29, 0.717) is 12.1 Å². The lowest BCUT2D eigenvalue weighted by Gasteiger charge is -2.20. The normalized spacial score (nSPS) is 14.6. The van der Waals surface area contributed by atoms with Crippen molar-refractivity contribution in [3.05, 3.63) is 35.4 Å². The standard InChI is InChI=1S/C16H27N/c1-5-6-7-8-14(3)17-15(4)16-11-9-13(2)10-12-16/h9-12,14-15,17H,5-8H2,1-4H3. The van der Waals surface area contributed by atoms with Crippen LogP contribution in [0.1, 0.15) is 63.6 Å². The maximum Gasteiger partial charge on any atom is 0.0294 e. The first-order valence-electron chi connectivity index (χ1n) is 6.96. The summed E-state index contributed by atoms with van der Waals surface area (Å²) in [6.45, 7) is 8.93. The molecule has 0 heterocycles. The van der Waals surface area contributed by atoms with E-state index in [2.05, 4.69) is 57.3 Å². The van der Waals surface area contributed by atoms with Gasteiger partial charge in [0.05, 0.1) is 0 Å². The Labute approximate surface area is 107 Å². The average molecular weight is 233 g/mol. The molecule has 1 N–H and O–H groups in total. The molecule has 0 fully saturated rings. The summed E-state index contributed by atoms with van der Waals surface area (Å²) >= 11 is 0. The first-order chi connectivity index (χ1) is 8.13. The van der Waals surface area contributed by atoms with Crippen molar-refractivity contribution in [1.29, 1.82) is 0 Å². The summed E-state index contributed by atoms with van der Waals surface area (Å²) in [5.74, 6) is 0. The van der Waals surface area contributed by atoms with Crippen molar-refractivity contribution >= 4 is 0 Å². The fraction of sp³-hybridized carbons (Fsp3) is 0.625. The van der Waals surface area contributed by atoms with Crippen LogP contribution < -0.4 is 5.32 Å². The van der Waals surface area contributed by atoms with Crippen molar-refractivity contribution < 1.29 is 0 Å². The van der Waals surface area contributed by atoms with Crippen LogP contribution in [0.5, 0.6) is 0 Å². The topological polar surface area (TPSA) is 12.0 Å². The first-order valence-corrected chi connectivity index (χ1v) is 6.96. The predicted octanol–water partition coefficient (Wildman–Crippen LogP) is 4.61. The Morgan fingerprint density at radius 1 is 1.06 bits per heavy atom. The molecule has 2 atom stereocenters. The molecule has 1 aromatic carbocycles. The zero-order valence-corrected chi connectivity index (χ0v) is 11.8. The van der Waals surface area contributed by atoms with Crippen molar-refractivity contribution in [3.63, 3.8) is 0 Å². The first kappa shape index (κ1) is 14.2. The molecule has 0 radical (unpaired) electrons. The number of rotatable bonds is 7. The molecule has 0 spiro atoms. The van der Waals surface area contributed by atoms with Gasteiger partial charge in [0, 0.05) is 12.1 Å². The van der Waals surface area contributed by atoms with Gasteiger partial charge in [0.15, 0.2) is 0 Å². The lowest BCUT2D eigenvalue weighted by Crippen LogP contribution is -2.28. The Bertz CT molecular complexity index is 302. The molecular weight excluding hydrogens is 206 g/mol. The molecule has 2 unspecified atom stereocenters. The summed E-state index contributed by atoms with van der Waals surface area (Å²) in [6.07, 6.45) is 5.28. The smallest absolute Gasteiger partial charge is 0.0294 e. The van der Waals surface area contributed by atoms with E-state index in [-0.39, 0.29) is 0 Å². The average Bonchev–Trinajstić information content (AvgIpc) is 2.30. The van der Waals surface area contributed by atoms with Crippen molar-refractivity contribution in [2.75, 3.05) is 0 Å². The molecule has 1 heteroatoms. The van der Waals surface area contributed by atoms with Crippen LogP contribution in [-0.4, -0.2) is 6.04 Å². The molecule has 1 rings (SSSR count). The minimum Gasteiger partial charge on any atom is -0.308 e. The summed E-state index contributed by atoms with van der Waals surface area (Å²) in [6, 6.07) is 9.90. The van der Waals surface area contributed by atoms with Crippen LogP contribution in [-0.2, 0) is 0 Å². The maximum atomic E-state index is 3.67. The van der Waals surface area contributed by atoms with Crippen LogP contribution in [0.3, 0.4) is 0 Å². The number of unbranched alkanes of at least 4 members (excludes halogenated alkanes) is 2. The van der Waals surface area contributed by atoms with Gasteiger partial charge in [0.25, 0.3) is 0 Å². The third-order valence-electron chi connectivity index (χ3n) is 3.35. The molecule has 0 saturated heterocycles. The van der Waals surface area contributed by atoms with Gasteiger partial charge in [0.1, 0.15) is 0 Å². The fourth-order valence-electron chi connectivity index (χ4n) is 2.16. The van der Waals surface area contributed by atoms with Gasteiger partial charge < -0.3 is 5.32 Å². The van der Waals surface area contributed by atoms with Crippen LogP contribution >= 0.6 is 0 Å². The summed E-state index contributed by atoms with van der Waals surface area (Å²) in [5, 5.41) is 3.67. The molecule has 1 aromatic rings. The maximum absolute atomic E-state index is 3.67. The number of nitrogens with one attached hydrogen (secondary N) is 1. The lowest BCUT2D eigenvalue weighted by molar-refractivity contribution is 0.440. The monoisotopic (exact) mass is 233 g/mol. The van der Waals surface area contributed by atoms with E-state index in [1.807, 2.05) is 0 Å². The third-order valence-corrected chi connectivity index (χ3v) is 3.35. The van der Waals surface area contributed by atoms with Gasteiger partial charge in [-0.3, -0.25) is 0 Å². The molecule has 0 aliphatic carbocycles. The van der Waals surface area contributed by atoms with Gasteiger partial charge in [-0.05, 0) is 32.8 Å². The van der Waals surface area contributed by atoms with E-state index in [4.69, 9.17) is 0 Å². The Hall–Kier alpha value is -0.820. The summed E-state index contributed by atoms with van der Waals surface area (Å²) in [4.78, 5) is 0. The molecular formula is C16H27N. The van der Waals surface area contributed by atoms with Crippen LogP contribution in [0.15, 0.2) is 24.3 Å². The minimum atomic E-state index is 0.451. The van der Waals surface area contributed by atoms with Crippen molar-refractivity contribution in [2.24, 2.45) is 0 Å². The van der Waals surface area contributed by atoms with Crippen LogP contribution in [0.4, 0.5) is 0 Å². The summed E-state index contributed by atoms with van der Waals surface area (Å²) in [7, 11) is 0. The van der Waals surface area contributed by atoms with Crippen molar-refractivity contribution in [1.82, 2.24) is 5.32 Å². The zero-order chi connectivity index (χ0) is 12.7. The second-order valence-corrected chi connectivity index (χ2v) is 5.20. The van der Waals surface area contributed by atoms with E-state index >= 15 is 0 Å². The largest absolute Gasteiger partial charge is 0.308 e. The summed E-state index contributed by atoms with van der Waals surface area (Å²) in [5.41, 5.74) is 2.72. The van der Waals surface area contributed by atoms with Crippen molar-refractivity contribution in [3.8, 4) is 0 Å². The molecule has 0 aliphatic rings. The number of aryl methyl sites for hydroxylation is 1. The second kappa shape index (κ2) is 7.50. The van der Waals surface area contributed by atoms with Crippen LogP contribution in [0.25, 0.3) is 0 Å². The van der Waals surface area contributed by atoms with Gasteiger partial charge in [-0.2, -0.15) is 0 Å². The van der Waals surface area contributed by atoms with Gasteiger partial charge in [-0.1, -0.05) is 56.0 Å². The van der Waals surface area contributed by atoms with Gasteiger partial charge in [0.2, 0.25) is 0 Å². The van der Waals surface area contributed by atoms with Gasteiger partial charge in [-0.25, -0.2) is 0 Å². The van der Waals surface area contributed by atoms with E-state index in [1.165, 1.54) is 36.8 Å². The molecule has 17 heavy (non-hydrogen) atoms. The van der Waals surface area contributed by atoms with Gasteiger partial charge in [-0.15, -0.1) is 0 Å². The quantitative estimate of drug-likeness (QED) is 0.678. The molecule has 0 aromatic heterocycles. The molecule has 0 bridgehead atoms. The van der Waals surface area contributed by atoms with Crippen LogP contribution in [0, 0.1) is 6.92 Å². The minimum absolute atomic E-state index is 0.451. The van der Waals surface area contributed by atoms with E-state index in [0.717, 1.165) is 0 Å². The number of hydrogen-bond donors (Lipinski definition) is 1. The number of hydrogen-bond acceptors (Lipinski definition) is 1. The van der Waals surface area contributed by atoms with Crippen LogP contribution in [0.2, 0.25) is 0 Å². The highest BCUT2D eigenvalue weighted by atomic mass is 14.9. The molecule has 1 nitrogen and oxygen atoms in total. The fourth-order valence-corrected chi connectivity index (χ4v) is 2.16. The molecule has 96 valence electrons. The Morgan fingerprint density at radius 3 is 2.29 bits per heavy atom. The Morgan fingerprint density at radius 2 is 1.71 bits per heavy atom. The highest BCUT2D eigenvalue weighted by Crippen LogP contribution is 2.15. The second-order valence-electron chi connectivity index (χ2n) is 5.20. The van der Waals surface area contributed by atoms with E-state index in [9.17, 15) is 0 Å². The zero-order valence-electron chi connectivity index (χ0n) is 11.8. The summed E-state index contributed by atoms with van der Waals surface area (Å²) < 4.78 is 0. The highest BCUT2D eigenvalue weighted by molar-refractivity contribution is 5.23. The Balaban J connectivity index is 2.37.